The fourth-order valence-electron chi connectivity index (χ4n) is 2.86. The van der Waals surface area contributed by atoms with Crippen LogP contribution in [-0.2, 0) is 14.9 Å². The first-order valence-corrected chi connectivity index (χ1v) is 8.14. The minimum absolute atomic E-state index is 0.392. The second-order valence-electron chi connectivity index (χ2n) is 7.02. The van der Waals surface area contributed by atoms with Crippen molar-refractivity contribution in [3.05, 3.63) is 27.7 Å². The van der Waals surface area contributed by atoms with Gasteiger partial charge in [0.1, 0.15) is 11.7 Å². The van der Waals surface area contributed by atoms with Crippen LogP contribution in [0.1, 0.15) is 38.8 Å². The maximum atomic E-state index is 12.6. The van der Waals surface area contributed by atoms with Crippen LogP contribution in [0.15, 0.2) is 16.6 Å². The predicted octanol–water partition coefficient (Wildman–Crippen LogP) is 3.98. The fourth-order valence-corrected chi connectivity index (χ4v) is 3.32. The average molecular weight is 381 g/mol. The Balaban J connectivity index is 2.55. The normalized spacial score (nSPS) is 20.1. The van der Waals surface area contributed by atoms with Gasteiger partial charge in [0.2, 0.25) is 0 Å². The zero-order valence-corrected chi connectivity index (χ0v) is 15.7. The number of hydrogen-bond donors (Lipinski definition) is 0. The number of rotatable bonds is 2. The zero-order valence-electron chi connectivity index (χ0n) is 14.1. The molecule has 0 N–H and O–H groups in total. The molecule has 124 valence electrons. The van der Waals surface area contributed by atoms with E-state index < -0.39 is 17.1 Å². The van der Waals surface area contributed by atoms with Gasteiger partial charge in [-0.1, -0.05) is 22.9 Å². The van der Waals surface area contributed by atoms with Crippen molar-refractivity contribution in [2.45, 2.75) is 38.7 Å². The lowest BCUT2D eigenvalue weighted by Gasteiger charge is -2.27. The first-order valence-electron chi connectivity index (χ1n) is 7.35. The van der Waals surface area contributed by atoms with E-state index in [0.29, 0.717) is 24.4 Å². The Kier molecular flexibility index (Phi) is 4.74. The van der Waals surface area contributed by atoms with Crippen LogP contribution < -0.4 is 4.90 Å². The third kappa shape index (κ3) is 3.51. The SMILES string of the molecule is COC[C@@]1(C)CN(C(=O)OC(C)(C)C)c2c(C#N)cc(Br)cc21. The van der Waals surface area contributed by atoms with E-state index in [9.17, 15) is 10.1 Å². The zero-order chi connectivity index (χ0) is 17.4. The Bertz CT molecular complexity index is 676. The molecule has 0 fully saturated rings. The second-order valence-corrected chi connectivity index (χ2v) is 7.94. The third-order valence-corrected chi connectivity index (χ3v) is 4.16. The van der Waals surface area contributed by atoms with Gasteiger partial charge in [-0.25, -0.2) is 4.79 Å². The minimum Gasteiger partial charge on any atom is -0.443 e. The van der Waals surface area contributed by atoms with Crippen molar-refractivity contribution in [2.24, 2.45) is 0 Å². The summed E-state index contributed by atoms with van der Waals surface area (Å²) in [5.74, 6) is 0. The third-order valence-electron chi connectivity index (χ3n) is 3.70. The van der Waals surface area contributed by atoms with Crippen molar-refractivity contribution in [1.29, 1.82) is 5.26 Å². The van der Waals surface area contributed by atoms with E-state index in [1.165, 1.54) is 0 Å². The molecule has 1 aromatic carbocycles. The van der Waals surface area contributed by atoms with E-state index in [4.69, 9.17) is 9.47 Å². The molecule has 1 heterocycles. The highest BCUT2D eigenvalue weighted by atomic mass is 79.9. The summed E-state index contributed by atoms with van der Waals surface area (Å²) < 4.78 is 11.7. The summed E-state index contributed by atoms with van der Waals surface area (Å²) >= 11 is 3.44. The van der Waals surface area contributed by atoms with Crippen molar-refractivity contribution in [2.75, 3.05) is 25.2 Å². The number of halogens is 1. The Morgan fingerprint density at radius 1 is 1.48 bits per heavy atom. The molecular formula is C17H21BrN2O3. The van der Waals surface area contributed by atoms with Crippen LogP contribution in [0.5, 0.6) is 0 Å². The largest absolute Gasteiger partial charge is 0.443 e. The maximum Gasteiger partial charge on any atom is 0.414 e. The molecule has 23 heavy (non-hydrogen) atoms. The van der Waals surface area contributed by atoms with Gasteiger partial charge in [-0.15, -0.1) is 0 Å². The lowest BCUT2D eigenvalue weighted by molar-refractivity contribution is 0.0571. The van der Waals surface area contributed by atoms with Gasteiger partial charge in [-0.2, -0.15) is 5.26 Å². The van der Waals surface area contributed by atoms with Crippen LogP contribution in [0, 0.1) is 11.3 Å². The quantitative estimate of drug-likeness (QED) is 0.778. The summed E-state index contributed by atoms with van der Waals surface area (Å²) in [6, 6.07) is 5.84. The average Bonchev–Trinajstić information content (AvgIpc) is 2.70. The minimum atomic E-state index is -0.598. The van der Waals surface area contributed by atoms with Gasteiger partial charge >= 0.3 is 6.09 Å². The van der Waals surface area contributed by atoms with Crippen LogP contribution in [0.3, 0.4) is 0 Å². The number of anilines is 1. The van der Waals surface area contributed by atoms with E-state index in [1.807, 2.05) is 33.8 Å². The highest BCUT2D eigenvalue weighted by Gasteiger charge is 2.44. The van der Waals surface area contributed by atoms with Crippen molar-refractivity contribution < 1.29 is 14.3 Å². The van der Waals surface area contributed by atoms with E-state index in [1.54, 1.807) is 18.1 Å². The first-order chi connectivity index (χ1) is 10.6. The highest BCUT2D eigenvalue weighted by molar-refractivity contribution is 9.10. The van der Waals surface area contributed by atoms with Gasteiger partial charge in [-0.3, -0.25) is 4.90 Å². The molecule has 2 rings (SSSR count). The number of nitriles is 1. The van der Waals surface area contributed by atoms with Crippen LogP contribution in [0.2, 0.25) is 0 Å². The smallest absolute Gasteiger partial charge is 0.414 e. The molecule has 0 radical (unpaired) electrons. The molecule has 6 heteroatoms. The summed E-state index contributed by atoms with van der Waals surface area (Å²) in [7, 11) is 1.63. The van der Waals surface area contributed by atoms with Crippen molar-refractivity contribution >= 4 is 27.7 Å². The van der Waals surface area contributed by atoms with Gasteiger partial charge in [0.15, 0.2) is 0 Å². The molecule has 0 aromatic heterocycles. The lowest BCUT2D eigenvalue weighted by atomic mass is 9.85. The number of methoxy groups -OCH3 is 1. The standard InChI is InChI=1S/C17H21BrN2O3/c1-16(2,3)23-15(21)20-9-17(4,10-22-5)13-7-12(18)6-11(8-19)14(13)20/h6-7H,9-10H2,1-5H3/t17-/m1/s1. The van der Waals surface area contributed by atoms with Gasteiger partial charge in [0.25, 0.3) is 0 Å². The summed E-state index contributed by atoms with van der Waals surface area (Å²) in [5, 5.41) is 9.48. The molecule has 0 spiro atoms. The molecule has 1 aliphatic heterocycles. The van der Waals surface area contributed by atoms with Crippen molar-refractivity contribution in [1.82, 2.24) is 0 Å². The van der Waals surface area contributed by atoms with Gasteiger partial charge in [0, 0.05) is 23.5 Å². The number of carbonyl (C=O) groups excluding carboxylic acids is 1. The number of benzene rings is 1. The Morgan fingerprint density at radius 2 is 2.13 bits per heavy atom. The number of hydrogen-bond acceptors (Lipinski definition) is 4. The molecular weight excluding hydrogens is 360 g/mol. The molecule has 0 saturated heterocycles. The summed E-state index contributed by atoms with van der Waals surface area (Å²) in [6.07, 6.45) is -0.447. The number of amides is 1. The molecule has 0 aliphatic carbocycles. The monoisotopic (exact) mass is 380 g/mol. The highest BCUT2D eigenvalue weighted by Crippen LogP contribution is 2.45. The number of fused-ring (bicyclic) bond motifs is 1. The molecule has 5 nitrogen and oxygen atoms in total. The molecule has 1 atom stereocenters. The van der Waals surface area contributed by atoms with Crippen molar-refractivity contribution in [3.63, 3.8) is 0 Å². The van der Waals surface area contributed by atoms with Crippen LogP contribution in [-0.4, -0.2) is 32.0 Å². The molecule has 0 bridgehead atoms. The van der Waals surface area contributed by atoms with E-state index in [2.05, 4.69) is 22.0 Å². The van der Waals surface area contributed by atoms with Crippen molar-refractivity contribution in [3.8, 4) is 6.07 Å². The maximum absolute atomic E-state index is 12.6. The van der Waals surface area contributed by atoms with Crippen LogP contribution >= 0.6 is 15.9 Å². The number of nitrogens with zero attached hydrogens (tertiary/aromatic N) is 2. The molecule has 1 aliphatic rings. The van der Waals surface area contributed by atoms with Crippen LogP contribution in [0.25, 0.3) is 0 Å². The summed E-state index contributed by atoms with van der Waals surface area (Å²) in [4.78, 5) is 14.2. The molecule has 1 amide bonds. The molecule has 1 aromatic rings. The fraction of sp³-hybridized carbons (Fsp3) is 0.529. The first kappa shape index (κ1) is 17.8. The summed E-state index contributed by atoms with van der Waals surface area (Å²) in [6.45, 7) is 8.35. The Hall–Kier alpha value is -1.58. The Morgan fingerprint density at radius 3 is 2.65 bits per heavy atom. The number of carbonyl (C=O) groups is 1. The van der Waals surface area contributed by atoms with E-state index in [0.717, 1.165) is 10.0 Å². The van der Waals surface area contributed by atoms with Gasteiger partial charge in [-0.05, 0) is 38.5 Å². The summed E-state index contributed by atoms with van der Waals surface area (Å²) in [5.41, 5.74) is 0.983. The lowest BCUT2D eigenvalue weighted by Crippen LogP contribution is -2.40. The van der Waals surface area contributed by atoms with E-state index in [-0.39, 0.29) is 0 Å². The van der Waals surface area contributed by atoms with E-state index >= 15 is 0 Å². The van der Waals surface area contributed by atoms with Gasteiger partial charge in [0.05, 0.1) is 17.9 Å². The molecule has 0 saturated carbocycles. The predicted molar refractivity (Wildman–Crippen MR) is 91.7 cm³/mol. The molecule has 0 unspecified atom stereocenters. The van der Waals surface area contributed by atoms with Gasteiger partial charge < -0.3 is 9.47 Å². The second kappa shape index (κ2) is 6.14. The number of ether oxygens (including phenoxy) is 2. The Labute approximate surface area is 145 Å². The van der Waals surface area contributed by atoms with Crippen LogP contribution in [0.4, 0.5) is 10.5 Å². The topological polar surface area (TPSA) is 62.6 Å².